The van der Waals surface area contributed by atoms with Crippen molar-refractivity contribution in [2.45, 2.75) is 25.2 Å². The quantitative estimate of drug-likeness (QED) is 0.459. The summed E-state index contributed by atoms with van der Waals surface area (Å²) in [6.45, 7) is 0. The maximum Gasteiger partial charge on any atom is 0.341 e. The van der Waals surface area contributed by atoms with Gasteiger partial charge in [-0.15, -0.1) is 11.3 Å². The highest BCUT2D eigenvalue weighted by atomic mass is 32.1. The second-order valence-electron chi connectivity index (χ2n) is 8.04. The molecule has 33 heavy (non-hydrogen) atoms. The van der Waals surface area contributed by atoms with Gasteiger partial charge in [0.2, 0.25) is 0 Å². The Morgan fingerprint density at radius 3 is 2.48 bits per heavy atom. The molecule has 0 radical (unpaired) electrons. The number of amides is 2. The lowest BCUT2D eigenvalue weighted by Crippen LogP contribution is -2.30. The zero-order chi connectivity index (χ0) is 23.3. The number of benzene rings is 2. The van der Waals surface area contributed by atoms with Crippen LogP contribution >= 0.6 is 11.3 Å². The van der Waals surface area contributed by atoms with E-state index in [1.807, 2.05) is 18.2 Å². The van der Waals surface area contributed by atoms with E-state index in [-0.39, 0.29) is 33.2 Å². The smallest absolute Gasteiger partial charge is 0.341 e. The number of carbonyl (C=O) groups is 4. The van der Waals surface area contributed by atoms with Gasteiger partial charge >= 0.3 is 11.9 Å². The largest absolute Gasteiger partial charge is 0.478 e. The molecule has 1 aliphatic heterocycles. The van der Waals surface area contributed by atoms with Gasteiger partial charge in [-0.25, -0.2) is 14.5 Å². The highest BCUT2D eigenvalue weighted by Gasteiger charge is 2.42. The molecular weight excluding hydrogens is 442 g/mol. The molecule has 1 atom stereocenters. The van der Waals surface area contributed by atoms with Crippen molar-refractivity contribution >= 4 is 40.1 Å². The van der Waals surface area contributed by atoms with Crippen molar-refractivity contribution in [1.82, 2.24) is 0 Å². The van der Waals surface area contributed by atoms with Crippen LogP contribution in [0.25, 0.3) is 0 Å². The number of hydrogen-bond donors (Lipinski definition) is 1. The number of nitrogens with zero attached hydrogens (tertiary/aromatic N) is 1. The molecule has 5 rings (SSSR count). The van der Waals surface area contributed by atoms with Gasteiger partial charge in [-0.05, 0) is 54.5 Å². The van der Waals surface area contributed by atoms with Crippen LogP contribution in [0.5, 0.6) is 0 Å². The van der Waals surface area contributed by atoms with Crippen molar-refractivity contribution in [3.8, 4) is 0 Å². The fourth-order valence-corrected chi connectivity index (χ4v) is 6.02. The SMILES string of the molecule is COC(=O)c1c(N2C(=O)c3ccc(C(=O)O)cc3C2=O)sc2c1CC[C@H](c1ccccc1)C2. The van der Waals surface area contributed by atoms with Crippen molar-refractivity contribution in [2.75, 3.05) is 12.0 Å². The van der Waals surface area contributed by atoms with Crippen molar-refractivity contribution in [3.63, 3.8) is 0 Å². The minimum Gasteiger partial charge on any atom is -0.478 e. The maximum absolute atomic E-state index is 13.2. The topological polar surface area (TPSA) is 101 Å². The lowest BCUT2D eigenvalue weighted by atomic mass is 9.83. The summed E-state index contributed by atoms with van der Waals surface area (Å²) in [5.74, 6) is -2.72. The monoisotopic (exact) mass is 461 g/mol. The first kappa shape index (κ1) is 21.1. The summed E-state index contributed by atoms with van der Waals surface area (Å²) >= 11 is 1.26. The van der Waals surface area contributed by atoms with Gasteiger partial charge in [0, 0.05) is 4.88 Å². The Morgan fingerprint density at radius 1 is 1.06 bits per heavy atom. The number of thiophene rings is 1. The van der Waals surface area contributed by atoms with Crippen molar-refractivity contribution in [1.29, 1.82) is 0 Å². The Bertz CT molecular complexity index is 1330. The average molecular weight is 461 g/mol. The molecule has 0 unspecified atom stereocenters. The molecule has 2 aliphatic rings. The molecule has 2 heterocycles. The van der Waals surface area contributed by atoms with E-state index in [1.54, 1.807) is 0 Å². The predicted molar refractivity (Wildman–Crippen MR) is 121 cm³/mol. The Kier molecular flexibility index (Phi) is 5.09. The van der Waals surface area contributed by atoms with Gasteiger partial charge in [0.25, 0.3) is 11.8 Å². The summed E-state index contributed by atoms with van der Waals surface area (Å²) in [4.78, 5) is 52.4. The second-order valence-corrected chi connectivity index (χ2v) is 9.12. The molecule has 1 aliphatic carbocycles. The normalized spacial score (nSPS) is 17.0. The number of fused-ring (bicyclic) bond motifs is 2. The number of carbonyl (C=O) groups excluding carboxylic acids is 3. The Hall–Kier alpha value is -3.78. The van der Waals surface area contributed by atoms with E-state index >= 15 is 0 Å². The lowest BCUT2D eigenvalue weighted by Gasteiger charge is -2.23. The van der Waals surface area contributed by atoms with Crippen LogP contribution in [0.2, 0.25) is 0 Å². The third-order valence-corrected chi connectivity index (χ3v) is 7.48. The number of anilines is 1. The summed E-state index contributed by atoms with van der Waals surface area (Å²) in [6.07, 6.45) is 2.16. The van der Waals surface area contributed by atoms with Crippen LogP contribution in [-0.2, 0) is 17.6 Å². The number of rotatable bonds is 4. The van der Waals surface area contributed by atoms with Crippen molar-refractivity contribution in [3.05, 3.63) is 86.8 Å². The van der Waals surface area contributed by atoms with Gasteiger partial charge in [0.05, 0.1) is 29.4 Å². The van der Waals surface area contributed by atoms with Gasteiger partial charge in [-0.2, -0.15) is 0 Å². The first-order valence-corrected chi connectivity index (χ1v) is 11.3. The summed E-state index contributed by atoms with van der Waals surface area (Å²) < 4.78 is 5.01. The van der Waals surface area contributed by atoms with Gasteiger partial charge in [-0.3, -0.25) is 9.59 Å². The van der Waals surface area contributed by atoms with Crippen LogP contribution in [0.15, 0.2) is 48.5 Å². The van der Waals surface area contributed by atoms with E-state index in [2.05, 4.69) is 12.1 Å². The standard InChI is InChI=1S/C25H19NO6S/c1-32-25(31)20-17-10-7-14(13-5-3-2-4-6-13)12-19(17)33-23(20)26-21(27)16-9-8-15(24(29)30)11-18(16)22(26)28/h2-6,8-9,11,14H,7,10,12H2,1H3,(H,29,30)/t14-/m0/s1. The Balaban J connectivity index is 1.58. The molecular formula is C25H19NO6S. The summed E-state index contributed by atoms with van der Waals surface area (Å²) in [7, 11) is 1.27. The first-order valence-electron chi connectivity index (χ1n) is 10.4. The molecule has 3 aromatic rings. The van der Waals surface area contributed by atoms with E-state index in [0.717, 1.165) is 21.8 Å². The zero-order valence-electron chi connectivity index (χ0n) is 17.7. The van der Waals surface area contributed by atoms with Crippen molar-refractivity contribution in [2.24, 2.45) is 0 Å². The number of carboxylic acids is 1. The molecule has 7 nitrogen and oxygen atoms in total. The van der Waals surface area contributed by atoms with Gasteiger partial charge < -0.3 is 9.84 Å². The number of methoxy groups -OCH3 is 1. The van der Waals surface area contributed by atoms with Gasteiger partial charge in [0.1, 0.15) is 5.00 Å². The van der Waals surface area contributed by atoms with Gasteiger partial charge in [-0.1, -0.05) is 30.3 Å². The molecule has 2 amide bonds. The van der Waals surface area contributed by atoms with E-state index in [4.69, 9.17) is 4.74 Å². The molecule has 0 fully saturated rings. The molecule has 8 heteroatoms. The van der Waals surface area contributed by atoms with Crippen molar-refractivity contribution < 1.29 is 29.0 Å². The predicted octanol–water partition coefficient (Wildman–Crippen LogP) is 4.31. The van der Waals surface area contributed by atoms with E-state index < -0.39 is 23.8 Å². The highest BCUT2D eigenvalue weighted by Crippen LogP contribution is 2.46. The van der Waals surface area contributed by atoms with Crippen LogP contribution in [0, 0.1) is 0 Å². The summed E-state index contributed by atoms with van der Waals surface area (Å²) in [6, 6.07) is 14.0. The van der Waals surface area contributed by atoms with Gasteiger partial charge in [0.15, 0.2) is 0 Å². The van der Waals surface area contributed by atoms with Crippen LogP contribution in [-0.4, -0.2) is 36.0 Å². The Morgan fingerprint density at radius 2 is 1.79 bits per heavy atom. The van der Waals surface area contributed by atoms with E-state index in [1.165, 1.54) is 42.2 Å². The minimum absolute atomic E-state index is 0.0178. The molecule has 1 aromatic heterocycles. The number of ether oxygens (including phenoxy) is 1. The maximum atomic E-state index is 13.2. The van der Waals surface area contributed by atoms with Crippen LogP contribution in [0.3, 0.4) is 0 Å². The molecule has 0 saturated carbocycles. The fraction of sp³-hybridized carbons (Fsp3) is 0.200. The number of esters is 1. The first-order chi connectivity index (χ1) is 15.9. The molecule has 0 saturated heterocycles. The van der Waals surface area contributed by atoms with E-state index in [9.17, 15) is 24.3 Å². The number of aromatic carboxylic acids is 1. The minimum atomic E-state index is -1.19. The summed E-state index contributed by atoms with van der Waals surface area (Å²) in [5, 5.41) is 9.50. The highest BCUT2D eigenvalue weighted by molar-refractivity contribution is 7.17. The van der Waals surface area contributed by atoms with Crippen LogP contribution < -0.4 is 4.90 Å². The molecule has 2 aromatic carbocycles. The molecule has 1 N–H and O–H groups in total. The molecule has 0 spiro atoms. The van der Waals surface area contributed by atoms with Crippen LogP contribution in [0.4, 0.5) is 5.00 Å². The lowest BCUT2D eigenvalue weighted by molar-refractivity contribution is 0.0599. The third-order valence-electron chi connectivity index (χ3n) is 6.24. The fourth-order valence-electron chi connectivity index (χ4n) is 4.61. The number of carboxylic acid groups (broad SMARTS) is 1. The average Bonchev–Trinajstić information content (AvgIpc) is 3.32. The third kappa shape index (κ3) is 3.34. The van der Waals surface area contributed by atoms with Crippen LogP contribution in [0.1, 0.15) is 69.8 Å². The Labute approximate surface area is 193 Å². The molecule has 0 bridgehead atoms. The summed E-state index contributed by atoms with van der Waals surface area (Å²) in [5.41, 5.74) is 2.33. The number of imide groups is 1. The number of hydrogen-bond acceptors (Lipinski definition) is 6. The molecule has 166 valence electrons. The second kappa shape index (κ2) is 7.97. The zero-order valence-corrected chi connectivity index (χ0v) is 18.5. The van der Waals surface area contributed by atoms with E-state index in [0.29, 0.717) is 12.8 Å².